The van der Waals surface area contributed by atoms with E-state index in [1.54, 1.807) is 6.07 Å². The Balaban J connectivity index is 3.08. The number of hydrogen-bond acceptors (Lipinski definition) is 4. The number of carbonyl (C=O) groups is 1. The van der Waals surface area contributed by atoms with Crippen LogP contribution in [0.1, 0.15) is 10.4 Å². The van der Waals surface area contributed by atoms with Crippen LogP contribution >= 0.6 is 0 Å². The zero-order valence-electron chi connectivity index (χ0n) is 6.37. The zero-order valence-corrected chi connectivity index (χ0v) is 6.37. The first kappa shape index (κ1) is 8.35. The average molecular weight is 166 g/mol. The van der Waals surface area contributed by atoms with Gasteiger partial charge in [-0.2, -0.15) is 0 Å². The maximum absolute atomic E-state index is 11.0. The van der Waals surface area contributed by atoms with Gasteiger partial charge in [-0.25, -0.2) is 5.84 Å². The van der Waals surface area contributed by atoms with Gasteiger partial charge in [0, 0.05) is 16.9 Å². The Bertz CT molecular complexity index is 290. The van der Waals surface area contributed by atoms with Crippen LogP contribution in [0.3, 0.4) is 0 Å². The van der Waals surface area contributed by atoms with Crippen molar-refractivity contribution in [3.05, 3.63) is 23.8 Å². The fraction of sp³-hybridized carbons (Fsp3) is 0. The van der Waals surface area contributed by atoms with Crippen molar-refractivity contribution >= 4 is 17.3 Å². The number of hydrogen-bond donors (Lipinski definition) is 4. The lowest BCUT2D eigenvalue weighted by molar-refractivity contribution is 0.0953. The first-order chi connectivity index (χ1) is 5.63. The number of benzene rings is 1. The molecule has 0 unspecified atom stereocenters. The number of rotatable bonds is 1. The molecular formula is C7H10N4O. The van der Waals surface area contributed by atoms with E-state index in [-0.39, 0.29) is 0 Å². The van der Waals surface area contributed by atoms with Crippen LogP contribution in [0.15, 0.2) is 18.2 Å². The predicted molar refractivity (Wildman–Crippen MR) is 46.9 cm³/mol. The normalized spacial score (nSPS) is 9.42. The van der Waals surface area contributed by atoms with Gasteiger partial charge in [-0.3, -0.25) is 10.2 Å². The van der Waals surface area contributed by atoms with Gasteiger partial charge in [-0.05, 0) is 18.2 Å². The molecule has 1 rings (SSSR count). The molecule has 64 valence electrons. The van der Waals surface area contributed by atoms with Crippen molar-refractivity contribution in [1.29, 1.82) is 0 Å². The Morgan fingerprint density at radius 2 is 1.67 bits per heavy atom. The first-order valence-electron chi connectivity index (χ1n) is 3.30. The standard InChI is InChI=1S/C7H10N4O/c8-5-1-4(7(12)11-10)2-6(9)3-5/h1-3H,8-10H2,(H,11,12). The Morgan fingerprint density at radius 3 is 2.08 bits per heavy atom. The summed E-state index contributed by atoms with van der Waals surface area (Å²) in [5.41, 5.74) is 14.1. The lowest BCUT2D eigenvalue weighted by atomic mass is 10.1. The number of hydrazine groups is 1. The lowest BCUT2D eigenvalue weighted by Crippen LogP contribution is -2.30. The van der Waals surface area contributed by atoms with E-state index in [0.717, 1.165) is 0 Å². The van der Waals surface area contributed by atoms with Crippen molar-refractivity contribution in [1.82, 2.24) is 5.43 Å². The van der Waals surface area contributed by atoms with Gasteiger partial charge >= 0.3 is 0 Å². The molecule has 0 bridgehead atoms. The van der Waals surface area contributed by atoms with E-state index >= 15 is 0 Å². The second-order valence-corrected chi connectivity index (χ2v) is 2.36. The molecule has 0 aliphatic carbocycles. The molecule has 0 fully saturated rings. The predicted octanol–water partition coefficient (Wildman–Crippen LogP) is -0.546. The molecule has 0 saturated heterocycles. The minimum atomic E-state index is -0.408. The van der Waals surface area contributed by atoms with Gasteiger partial charge < -0.3 is 11.5 Å². The van der Waals surface area contributed by atoms with Gasteiger partial charge in [-0.15, -0.1) is 0 Å². The number of carbonyl (C=O) groups excluding carboxylic acids is 1. The summed E-state index contributed by atoms with van der Waals surface area (Å²) in [7, 11) is 0. The van der Waals surface area contributed by atoms with Crippen molar-refractivity contribution in [2.75, 3.05) is 11.5 Å². The fourth-order valence-electron chi connectivity index (χ4n) is 0.891. The van der Waals surface area contributed by atoms with Crippen molar-refractivity contribution in [2.45, 2.75) is 0 Å². The minimum Gasteiger partial charge on any atom is -0.399 e. The molecule has 12 heavy (non-hydrogen) atoms. The SMILES string of the molecule is NNC(=O)c1cc(N)cc(N)c1. The third-order valence-electron chi connectivity index (χ3n) is 1.37. The summed E-state index contributed by atoms with van der Waals surface area (Å²) in [6.45, 7) is 0. The molecule has 0 radical (unpaired) electrons. The summed E-state index contributed by atoms with van der Waals surface area (Å²) < 4.78 is 0. The van der Waals surface area contributed by atoms with Gasteiger partial charge in [-0.1, -0.05) is 0 Å². The molecule has 0 aliphatic rings. The van der Waals surface area contributed by atoms with Gasteiger partial charge in [0.1, 0.15) is 0 Å². The van der Waals surface area contributed by atoms with E-state index in [1.807, 2.05) is 5.43 Å². The number of anilines is 2. The minimum absolute atomic E-state index is 0.356. The quantitative estimate of drug-likeness (QED) is 0.194. The summed E-state index contributed by atoms with van der Waals surface area (Å²) in [5, 5.41) is 0. The Kier molecular flexibility index (Phi) is 2.16. The van der Waals surface area contributed by atoms with Crippen molar-refractivity contribution in [3.8, 4) is 0 Å². The molecular weight excluding hydrogens is 156 g/mol. The molecule has 5 heteroatoms. The molecule has 0 aliphatic heterocycles. The second-order valence-electron chi connectivity index (χ2n) is 2.36. The van der Waals surface area contributed by atoms with Crippen molar-refractivity contribution < 1.29 is 4.79 Å². The maximum atomic E-state index is 11.0. The smallest absolute Gasteiger partial charge is 0.265 e. The highest BCUT2D eigenvalue weighted by Crippen LogP contribution is 2.12. The van der Waals surface area contributed by atoms with E-state index in [9.17, 15) is 4.79 Å². The summed E-state index contributed by atoms with van der Waals surface area (Å²) in [6, 6.07) is 4.56. The van der Waals surface area contributed by atoms with Crippen LogP contribution in [-0.4, -0.2) is 5.91 Å². The number of nitrogens with two attached hydrogens (primary N) is 3. The summed E-state index contributed by atoms with van der Waals surface area (Å²) in [5.74, 6) is 4.51. The van der Waals surface area contributed by atoms with Crippen LogP contribution in [0.25, 0.3) is 0 Å². The molecule has 5 nitrogen and oxygen atoms in total. The highest BCUT2D eigenvalue weighted by Gasteiger charge is 2.03. The first-order valence-corrected chi connectivity index (χ1v) is 3.30. The maximum Gasteiger partial charge on any atom is 0.265 e. The van der Waals surface area contributed by atoms with E-state index in [2.05, 4.69) is 0 Å². The lowest BCUT2D eigenvalue weighted by Gasteiger charge is -2.02. The van der Waals surface area contributed by atoms with Crippen LogP contribution in [-0.2, 0) is 0 Å². The van der Waals surface area contributed by atoms with Crippen molar-refractivity contribution in [2.24, 2.45) is 5.84 Å². The van der Waals surface area contributed by atoms with Crippen molar-refractivity contribution in [3.63, 3.8) is 0 Å². The molecule has 0 saturated carbocycles. The van der Waals surface area contributed by atoms with Crippen LogP contribution in [0.5, 0.6) is 0 Å². The molecule has 1 amide bonds. The van der Waals surface area contributed by atoms with Gasteiger partial charge in [0.25, 0.3) is 5.91 Å². The van der Waals surface area contributed by atoms with E-state index in [4.69, 9.17) is 17.3 Å². The number of nitrogens with one attached hydrogen (secondary N) is 1. The Morgan fingerprint density at radius 1 is 1.17 bits per heavy atom. The van der Waals surface area contributed by atoms with Gasteiger partial charge in [0.05, 0.1) is 0 Å². The highest BCUT2D eigenvalue weighted by molar-refractivity contribution is 5.95. The molecule has 0 atom stereocenters. The largest absolute Gasteiger partial charge is 0.399 e. The molecule has 1 aromatic rings. The topological polar surface area (TPSA) is 107 Å². The van der Waals surface area contributed by atoms with E-state index in [0.29, 0.717) is 16.9 Å². The Labute approximate surface area is 69.5 Å². The molecule has 1 aromatic carbocycles. The van der Waals surface area contributed by atoms with Gasteiger partial charge in [0.15, 0.2) is 0 Å². The molecule has 0 aromatic heterocycles. The molecule has 0 heterocycles. The monoisotopic (exact) mass is 166 g/mol. The fourth-order valence-corrected chi connectivity index (χ4v) is 0.891. The third-order valence-corrected chi connectivity index (χ3v) is 1.37. The zero-order chi connectivity index (χ0) is 9.14. The highest BCUT2D eigenvalue weighted by atomic mass is 16.2. The number of amides is 1. The van der Waals surface area contributed by atoms with Crippen LogP contribution < -0.4 is 22.7 Å². The van der Waals surface area contributed by atoms with Gasteiger partial charge in [0.2, 0.25) is 0 Å². The van der Waals surface area contributed by atoms with E-state index < -0.39 is 5.91 Å². The Hall–Kier alpha value is -1.75. The summed E-state index contributed by atoms with van der Waals surface area (Å²) >= 11 is 0. The van der Waals surface area contributed by atoms with Crippen LogP contribution in [0.2, 0.25) is 0 Å². The van der Waals surface area contributed by atoms with Crippen LogP contribution in [0.4, 0.5) is 11.4 Å². The van der Waals surface area contributed by atoms with E-state index in [1.165, 1.54) is 12.1 Å². The molecule has 7 N–H and O–H groups in total. The second kappa shape index (κ2) is 3.10. The molecule has 0 spiro atoms. The average Bonchev–Trinajstić information content (AvgIpc) is 2.01. The summed E-state index contributed by atoms with van der Waals surface area (Å²) in [4.78, 5) is 11.0. The number of nitrogen functional groups attached to an aromatic ring is 3. The summed E-state index contributed by atoms with van der Waals surface area (Å²) in [6.07, 6.45) is 0. The third kappa shape index (κ3) is 1.64. The van der Waals surface area contributed by atoms with Crippen LogP contribution in [0, 0.1) is 0 Å².